The molecule has 1 atom stereocenters. The van der Waals surface area contributed by atoms with Gasteiger partial charge >= 0.3 is 12.1 Å². The Balaban J connectivity index is 2.18. The second kappa shape index (κ2) is 5.15. The second-order valence-corrected chi connectivity index (χ2v) is 5.93. The summed E-state index contributed by atoms with van der Waals surface area (Å²) in [7, 11) is 1.44. The van der Waals surface area contributed by atoms with Crippen LogP contribution in [0.1, 0.15) is 25.7 Å². The highest BCUT2D eigenvalue weighted by Crippen LogP contribution is 2.49. The van der Waals surface area contributed by atoms with E-state index in [1.54, 1.807) is 0 Å². The summed E-state index contributed by atoms with van der Waals surface area (Å²) < 4.78 is 44.3. The molecule has 1 unspecified atom stereocenters. The van der Waals surface area contributed by atoms with Gasteiger partial charge in [0.1, 0.15) is 0 Å². The summed E-state index contributed by atoms with van der Waals surface area (Å²) in [5.41, 5.74) is -3.62. The van der Waals surface area contributed by atoms with Crippen molar-refractivity contribution in [2.75, 3.05) is 26.8 Å². The Hall–Kier alpha value is -1.31. The number of methoxy groups -OCH3 is 1. The van der Waals surface area contributed by atoms with Gasteiger partial charge in [0.2, 0.25) is 5.91 Å². The summed E-state index contributed by atoms with van der Waals surface area (Å²) in [4.78, 5) is 24.6. The Morgan fingerprint density at radius 2 is 1.90 bits per heavy atom. The SMILES string of the molecule is COCC1(C(=O)N2CCC(C(=O)O)(C(F)(F)F)C2)CCC1. The summed E-state index contributed by atoms with van der Waals surface area (Å²) in [5, 5.41) is 8.99. The van der Waals surface area contributed by atoms with E-state index in [2.05, 4.69) is 0 Å². The third-order valence-electron chi connectivity index (χ3n) is 4.69. The first-order chi connectivity index (χ1) is 9.68. The highest BCUT2D eigenvalue weighted by molar-refractivity contribution is 5.86. The molecule has 0 aromatic carbocycles. The summed E-state index contributed by atoms with van der Waals surface area (Å²) in [6.07, 6.45) is -3.50. The fourth-order valence-electron chi connectivity index (χ4n) is 3.15. The second-order valence-electron chi connectivity index (χ2n) is 5.93. The molecule has 1 heterocycles. The minimum absolute atomic E-state index is 0.161. The summed E-state index contributed by atoms with van der Waals surface area (Å²) in [6.45, 7) is -0.833. The topological polar surface area (TPSA) is 66.8 Å². The molecule has 0 aromatic heterocycles. The van der Waals surface area contributed by atoms with Crippen LogP contribution in [-0.2, 0) is 14.3 Å². The van der Waals surface area contributed by atoms with Crippen LogP contribution in [0.15, 0.2) is 0 Å². The zero-order valence-corrected chi connectivity index (χ0v) is 11.7. The molecule has 1 aliphatic carbocycles. The smallest absolute Gasteiger partial charge is 0.406 e. The normalized spacial score (nSPS) is 28.3. The zero-order valence-electron chi connectivity index (χ0n) is 11.7. The van der Waals surface area contributed by atoms with E-state index in [-0.39, 0.29) is 13.2 Å². The number of carbonyl (C=O) groups excluding carboxylic acids is 1. The van der Waals surface area contributed by atoms with Crippen LogP contribution >= 0.6 is 0 Å². The first kappa shape index (κ1) is 16.1. The molecular formula is C13H18F3NO4. The number of ether oxygens (including phenoxy) is 1. The van der Waals surface area contributed by atoms with Crippen LogP contribution in [0.4, 0.5) is 13.2 Å². The monoisotopic (exact) mass is 309 g/mol. The quantitative estimate of drug-likeness (QED) is 0.858. The number of nitrogens with zero attached hydrogens (tertiary/aromatic N) is 1. The fraction of sp³-hybridized carbons (Fsp3) is 0.846. The van der Waals surface area contributed by atoms with Crippen molar-refractivity contribution in [3.63, 3.8) is 0 Å². The maximum atomic E-state index is 13.1. The lowest BCUT2D eigenvalue weighted by atomic mass is 9.68. The van der Waals surface area contributed by atoms with Crippen LogP contribution < -0.4 is 0 Å². The lowest BCUT2D eigenvalue weighted by Crippen LogP contribution is -2.52. The number of carboxylic acids is 1. The van der Waals surface area contributed by atoms with Crippen molar-refractivity contribution in [2.45, 2.75) is 31.9 Å². The van der Waals surface area contributed by atoms with Crippen molar-refractivity contribution >= 4 is 11.9 Å². The molecule has 21 heavy (non-hydrogen) atoms. The number of rotatable bonds is 4. The molecule has 1 N–H and O–H groups in total. The molecule has 1 saturated heterocycles. The number of halogens is 3. The Bertz CT molecular complexity index is 447. The molecule has 5 nitrogen and oxygen atoms in total. The predicted molar refractivity (Wildman–Crippen MR) is 65.5 cm³/mol. The Morgan fingerprint density at radius 3 is 2.24 bits per heavy atom. The van der Waals surface area contributed by atoms with Gasteiger partial charge in [-0.2, -0.15) is 13.2 Å². The van der Waals surface area contributed by atoms with Crippen LogP contribution in [0.2, 0.25) is 0 Å². The molecule has 2 rings (SSSR count). The van der Waals surface area contributed by atoms with Gasteiger partial charge in [-0.3, -0.25) is 9.59 Å². The molecule has 8 heteroatoms. The predicted octanol–water partition coefficient (Wildman–Crippen LogP) is 1.67. The van der Waals surface area contributed by atoms with Gasteiger partial charge in [0.15, 0.2) is 5.41 Å². The van der Waals surface area contributed by atoms with Gasteiger partial charge in [-0.25, -0.2) is 0 Å². The van der Waals surface area contributed by atoms with E-state index in [1.807, 2.05) is 0 Å². The lowest BCUT2D eigenvalue weighted by Gasteiger charge is -2.42. The van der Waals surface area contributed by atoms with Crippen LogP contribution in [0.5, 0.6) is 0 Å². The van der Waals surface area contributed by atoms with Crippen molar-refractivity contribution in [3.05, 3.63) is 0 Å². The number of likely N-dealkylation sites (tertiary alicyclic amines) is 1. The number of amides is 1. The highest BCUT2D eigenvalue weighted by Gasteiger charge is 2.65. The summed E-state index contributed by atoms with van der Waals surface area (Å²) in [6, 6.07) is 0. The highest BCUT2D eigenvalue weighted by atomic mass is 19.4. The standard InChI is InChI=1S/C13H18F3NO4/c1-21-8-11(3-2-4-11)9(18)17-6-5-12(7-17,10(19)20)13(14,15)16/h2-8H2,1H3,(H,19,20). The van der Waals surface area contributed by atoms with Gasteiger partial charge in [-0.15, -0.1) is 0 Å². The number of hydrogen-bond donors (Lipinski definition) is 1. The van der Waals surface area contributed by atoms with Crippen LogP contribution in [-0.4, -0.2) is 54.9 Å². The van der Waals surface area contributed by atoms with Gasteiger partial charge in [0.25, 0.3) is 0 Å². The average Bonchev–Trinajstić information content (AvgIpc) is 2.78. The van der Waals surface area contributed by atoms with Crippen molar-refractivity contribution in [1.29, 1.82) is 0 Å². The maximum absolute atomic E-state index is 13.1. The fourth-order valence-corrected chi connectivity index (χ4v) is 3.15. The van der Waals surface area contributed by atoms with Gasteiger partial charge in [-0.05, 0) is 19.3 Å². The first-order valence-corrected chi connectivity index (χ1v) is 6.77. The third-order valence-corrected chi connectivity index (χ3v) is 4.69. The van der Waals surface area contributed by atoms with Crippen molar-refractivity contribution in [2.24, 2.45) is 10.8 Å². The molecule has 1 aliphatic heterocycles. The molecule has 0 bridgehead atoms. The molecule has 0 radical (unpaired) electrons. The van der Waals surface area contributed by atoms with Crippen molar-refractivity contribution in [3.8, 4) is 0 Å². The van der Waals surface area contributed by atoms with E-state index in [0.29, 0.717) is 12.8 Å². The number of hydrogen-bond acceptors (Lipinski definition) is 3. The van der Waals surface area contributed by atoms with E-state index in [4.69, 9.17) is 9.84 Å². The van der Waals surface area contributed by atoms with Gasteiger partial charge < -0.3 is 14.7 Å². The van der Waals surface area contributed by atoms with Crippen molar-refractivity contribution in [1.82, 2.24) is 4.90 Å². The van der Waals surface area contributed by atoms with Gasteiger partial charge in [0, 0.05) is 20.2 Å². The summed E-state index contributed by atoms with van der Waals surface area (Å²) >= 11 is 0. The van der Waals surface area contributed by atoms with Crippen LogP contribution in [0.25, 0.3) is 0 Å². The molecule has 0 aromatic rings. The Morgan fingerprint density at radius 1 is 1.29 bits per heavy atom. The molecule has 120 valence electrons. The number of carboxylic acid groups (broad SMARTS) is 1. The number of alkyl halides is 3. The van der Waals surface area contributed by atoms with Crippen LogP contribution in [0, 0.1) is 10.8 Å². The number of aliphatic carboxylic acids is 1. The lowest BCUT2D eigenvalue weighted by molar-refractivity contribution is -0.227. The average molecular weight is 309 g/mol. The maximum Gasteiger partial charge on any atom is 0.406 e. The van der Waals surface area contributed by atoms with E-state index < -0.39 is 41.8 Å². The molecular weight excluding hydrogens is 291 g/mol. The van der Waals surface area contributed by atoms with Crippen LogP contribution in [0.3, 0.4) is 0 Å². The third kappa shape index (κ3) is 2.39. The van der Waals surface area contributed by atoms with E-state index in [9.17, 15) is 22.8 Å². The minimum Gasteiger partial charge on any atom is -0.481 e. The zero-order chi connectivity index (χ0) is 15.9. The minimum atomic E-state index is -4.87. The van der Waals surface area contributed by atoms with E-state index in [0.717, 1.165) is 11.3 Å². The molecule has 2 aliphatic rings. The molecule has 1 amide bonds. The first-order valence-electron chi connectivity index (χ1n) is 6.77. The van der Waals surface area contributed by atoms with Crippen molar-refractivity contribution < 1.29 is 32.6 Å². The Kier molecular flexibility index (Phi) is 3.94. The molecule has 1 saturated carbocycles. The van der Waals surface area contributed by atoms with Gasteiger partial charge in [0.05, 0.1) is 12.0 Å². The number of carbonyl (C=O) groups is 2. The Labute approximate surface area is 120 Å². The molecule has 2 fully saturated rings. The van der Waals surface area contributed by atoms with E-state index >= 15 is 0 Å². The largest absolute Gasteiger partial charge is 0.481 e. The van der Waals surface area contributed by atoms with Gasteiger partial charge in [-0.1, -0.05) is 6.42 Å². The van der Waals surface area contributed by atoms with E-state index in [1.165, 1.54) is 7.11 Å². The molecule has 0 spiro atoms. The summed E-state index contributed by atoms with van der Waals surface area (Å²) in [5.74, 6) is -2.33.